The van der Waals surface area contributed by atoms with Crippen molar-refractivity contribution in [2.75, 3.05) is 11.9 Å². The van der Waals surface area contributed by atoms with E-state index in [1.807, 2.05) is 24.3 Å². The lowest BCUT2D eigenvalue weighted by Gasteiger charge is -1.98. The van der Waals surface area contributed by atoms with Gasteiger partial charge < -0.3 is 10.4 Å². The van der Waals surface area contributed by atoms with E-state index in [1.165, 1.54) is 11.3 Å². The first kappa shape index (κ1) is 15.2. The molecule has 1 aromatic carbocycles. The Hall–Kier alpha value is -2.21. The predicted molar refractivity (Wildman–Crippen MR) is 85.4 cm³/mol. The number of hydrogen-bond donors (Lipinski definition) is 2. The van der Waals surface area contributed by atoms with Crippen molar-refractivity contribution < 1.29 is 9.90 Å². The van der Waals surface area contributed by atoms with Crippen LogP contribution in [0.3, 0.4) is 0 Å². The molecule has 0 aliphatic heterocycles. The Morgan fingerprint density at radius 3 is 2.76 bits per heavy atom. The Labute approximate surface area is 127 Å². The van der Waals surface area contributed by atoms with Gasteiger partial charge in [0.15, 0.2) is 0 Å². The van der Waals surface area contributed by atoms with Gasteiger partial charge in [-0.1, -0.05) is 48.9 Å². The molecule has 0 fully saturated rings. The van der Waals surface area contributed by atoms with E-state index in [1.54, 1.807) is 6.08 Å². The first-order chi connectivity index (χ1) is 10.2. The average Bonchev–Trinajstić information content (AvgIpc) is 2.95. The highest BCUT2D eigenvalue weighted by atomic mass is 32.1. The SMILES string of the molecule is CCCCNc1nnc(-c2ccc(C=CC(=O)O)cc2)s1. The van der Waals surface area contributed by atoms with Gasteiger partial charge in [0.2, 0.25) is 5.13 Å². The molecule has 5 nitrogen and oxygen atoms in total. The number of rotatable bonds is 7. The lowest BCUT2D eigenvalue weighted by atomic mass is 10.1. The van der Waals surface area contributed by atoms with Gasteiger partial charge in [-0.25, -0.2) is 4.79 Å². The summed E-state index contributed by atoms with van der Waals surface area (Å²) in [5.74, 6) is -0.953. The zero-order chi connectivity index (χ0) is 15.1. The molecule has 2 aromatic rings. The summed E-state index contributed by atoms with van der Waals surface area (Å²) in [5, 5.41) is 21.8. The summed E-state index contributed by atoms with van der Waals surface area (Å²) in [4.78, 5) is 10.5. The van der Waals surface area contributed by atoms with Crippen molar-refractivity contribution in [3.05, 3.63) is 35.9 Å². The van der Waals surface area contributed by atoms with Crippen LogP contribution in [0.1, 0.15) is 25.3 Å². The van der Waals surface area contributed by atoms with Crippen molar-refractivity contribution in [3.63, 3.8) is 0 Å². The van der Waals surface area contributed by atoms with Gasteiger partial charge in [0.25, 0.3) is 0 Å². The fraction of sp³-hybridized carbons (Fsp3) is 0.267. The van der Waals surface area contributed by atoms with Gasteiger partial charge in [-0.05, 0) is 18.1 Å². The van der Waals surface area contributed by atoms with E-state index in [9.17, 15) is 4.79 Å². The van der Waals surface area contributed by atoms with E-state index in [0.717, 1.165) is 46.7 Å². The van der Waals surface area contributed by atoms with Gasteiger partial charge in [0, 0.05) is 18.2 Å². The summed E-state index contributed by atoms with van der Waals surface area (Å²) < 4.78 is 0. The van der Waals surface area contributed by atoms with Gasteiger partial charge in [0.1, 0.15) is 5.01 Å². The summed E-state index contributed by atoms with van der Waals surface area (Å²) in [5.41, 5.74) is 1.82. The first-order valence-corrected chi connectivity index (χ1v) is 7.59. The maximum Gasteiger partial charge on any atom is 0.328 e. The molecule has 21 heavy (non-hydrogen) atoms. The minimum Gasteiger partial charge on any atom is -0.478 e. The van der Waals surface area contributed by atoms with Crippen molar-refractivity contribution in [1.82, 2.24) is 10.2 Å². The number of anilines is 1. The zero-order valence-electron chi connectivity index (χ0n) is 11.7. The maximum atomic E-state index is 10.5. The smallest absolute Gasteiger partial charge is 0.328 e. The molecule has 2 rings (SSSR count). The van der Waals surface area contributed by atoms with Gasteiger partial charge in [-0.3, -0.25) is 0 Å². The summed E-state index contributed by atoms with van der Waals surface area (Å²) in [6.45, 7) is 3.05. The lowest BCUT2D eigenvalue weighted by Crippen LogP contribution is -1.99. The fourth-order valence-electron chi connectivity index (χ4n) is 1.69. The second kappa shape index (κ2) is 7.54. The van der Waals surface area contributed by atoms with E-state index in [2.05, 4.69) is 22.4 Å². The molecule has 6 heteroatoms. The average molecular weight is 303 g/mol. The summed E-state index contributed by atoms with van der Waals surface area (Å²) in [7, 11) is 0. The van der Waals surface area contributed by atoms with Crippen LogP contribution in [0, 0.1) is 0 Å². The van der Waals surface area contributed by atoms with Crippen LogP contribution in [-0.2, 0) is 4.79 Å². The van der Waals surface area contributed by atoms with Crippen molar-refractivity contribution in [1.29, 1.82) is 0 Å². The molecule has 110 valence electrons. The number of carbonyl (C=O) groups is 1. The number of aliphatic carboxylic acids is 1. The molecule has 1 heterocycles. The van der Waals surface area contributed by atoms with Gasteiger partial charge in [-0.15, -0.1) is 10.2 Å². The molecule has 0 atom stereocenters. The van der Waals surface area contributed by atoms with Crippen LogP contribution in [-0.4, -0.2) is 27.8 Å². The molecule has 0 aliphatic carbocycles. The van der Waals surface area contributed by atoms with Crippen LogP contribution >= 0.6 is 11.3 Å². The Balaban J connectivity index is 2.03. The highest BCUT2D eigenvalue weighted by Gasteiger charge is 2.05. The molecular weight excluding hydrogens is 286 g/mol. The monoisotopic (exact) mass is 303 g/mol. The minimum absolute atomic E-state index is 0.827. The first-order valence-electron chi connectivity index (χ1n) is 6.78. The standard InChI is InChI=1S/C15H17N3O2S/c1-2-3-10-16-15-18-17-14(21-15)12-7-4-11(5-8-12)6-9-13(19)20/h4-9H,2-3,10H2,1H3,(H,16,18)(H,19,20). The van der Waals surface area contributed by atoms with Crippen molar-refractivity contribution in [2.24, 2.45) is 0 Å². The van der Waals surface area contributed by atoms with Gasteiger partial charge in [0.05, 0.1) is 0 Å². The number of carboxylic acids is 1. The fourth-order valence-corrected chi connectivity index (χ4v) is 2.46. The molecule has 0 aliphatic rings. The van der Waals surface area contributed by atoms with Crippen molar-refractivity contribution in [2.45, 2.75) is 19.8 Å². The Bertz CT molecular complexity index is 620. The number of carboxylic acid groups (broad SMARTS) is 1. The van der Waals surface area contributed by atoms with Gasteiger partial charge in [-0.2, -0.15) is 0 Å². The van der Waals surface area contributed by atoms with E-state index in [0.29, 0.717) is 0 Å². The van der Waals surface area contributed by atoms with Crippen LogP contribution in [0.25, 0.3) is 16.6 Å². The molecule has 1 aromatic heterocycles. The molecule has 0 radical (unpaired) electrons. The second-order valence-corrected chi connectivity index (χ2v) is 5.46. The number of benzene rings is 1. The molecule has 2 N–H and O–H groups in total. The highest BCUT2D eigenvalue weighted by Crippen LogP contribution is 2.26. The molecular formula is C15H17N3O2S. The van der Waals surface area contributed by atoms with E-state index in [4.69, 9.17) is 5.11 Å². The van der Waals surface area contributed by atoms with E-state index < -0.39 is 5.97 Å². The second-order valence-electron chi connectivity index (χ2n) is 4.49. The summed E-state index contributed by atoms with van der Waals surface area (Å²) >= 11 is 1.52. The molecule has 0 saturated carbocycles. The third-order valence-corrected chi connectivity index (χ3v) is 3.74. The molecule has 0 amide bonds. The molecule has 0 unspecified atom stereocenters. The number of hydrogen-bond acceptors (Lipinski definition) is 5. The van der Waals surface area contributed by atoms with E-state index >= 15 is 0 Å². The third kappa shape index (κ3) is 4.68. The molecule has 0 spiro atoms. The Kier molecular flexibility index (Phi) is 5.45. The quantitative estimate of drug-likeness (QED) is 0.604. The summed E-state index contributed by atoms with van der Waals surface area (Å²) in [6, 6.07) is 7.55. The van der Waals surface area contributed by atoms with E-state index in [-0.39, 0.29) is 0 Å². The topological polar surface area (TPSA) is 75.1 Å². The summed E-state index contributed by atoms with van der Waals surface area (Å²) in [6.07, 6.45) is 4.93. The Morgan fingerprint density at radius 1 is 1.33 bits per heavy atom. The lowest BCUT2D eigenvalue weighted by molar-refractivity contribution is -0.131. The van der Waals surface area contributed by atoms with Crippen LogP contribution in [0.2, 0.25) is 0 Å². The van der Waals surface area contributed by atoms with Crippen LogP contribution in [0.15, 0.2) is 30.3 Å². The van der Waals surface area contributed by atoms with Crippen LogP contribution in [0.5, 0.6) is 0 Å². The number of nitrogens with zero attached hydrogens (tertiary/aromatic N) is 2. The maximum absolute atomic E-state index is 10.5. The highest BCUT2D eigenvalue weighted by molar-refractivity contribution is 7.18. The largest absolute Gasteiger partial charge is 0.478 e. The van der Waals surface area contributed by atoms with Crippen LogP contribution in [0.4, 0.5) is 5.13 Å². The zero-order valence-corrected chi connectivity index (χ0v) is 12.6. The van der Waals surface area contributed by atoms with Crippen molar-refractivity contribution >= 4 is 28.5 Å². The predicted octanol–water partition coefficient (Wildman–Crippen LogP) is 3.51. The number of nitrogens with one attached hydrogen (secondary N) is 1. The normalized spacial score (nSPS) is 10.9. The molecule has 0 saturated heterocycles. The third-order valence-electron chi connectivity index (χ3n) is 2.81. The number of unbranched alkanes of at least 4 members (excludes halogenated alkanes) is 1. The Morgan fingerprint density at radius 2 is 2.10 bits per heavy atom. The van der Waals surface area contributed by atoms with Crippen molar-refractivity contribution in [3.8, 4) is 10.6 Å². The van der Waals surface area contributed by atoms with Crippen LogP contribution < -0.4 is 5.32 Å². The minimum atomic E-state index is -0.953. The van der Waals surface area contributed by atoms with Gasteiger partial charge >= 0.3 is 5.97 Å². The number of aromatic nitrogens is 2. The molecule has 0 bridgehead atoms.